The maximum absolute atomic E-state index is 13.5. The molecule has 6 heteroatoms. The number of hydrogen-bond donors (Lipinski definition) is 1. The van der Waals surface area contributed by atoms with Crippen molar-refractivity contribution >= 4 is 23.0 Å². The van der Waals surface area contributed by atoms with Crippen molar-refractivity contribution in [3.05, 3.63) is 54.4 Å². The second-order valence-corrected chi connectivity index (χ2v) is 7.25. The number of carbonyl (C=O) groups is 1. The number of aromatic nitrogens is 2. The van der Waals surface area contributed by atoms with Crippen LogP contribution in [0.3, 0.4) is 0 Å². The van der Waals surface area contributed by atoms with E-state index in [0.717, 1.165) is 44.0 Å². The van der Waals surface area contributed by atoms with Crippen LogP contribution in [-0.4, -0.2) is 27.1 Å². The minimum atomic E-state index is -0.969. The maximum Gasteiger partial charge on any atom is 0.341 e. The molecule has 1 aromatic heterocycles. The molecule has 0 saturated carbocycles. The first-order valence-electron chi connectivity index (χ1n) is 9.97. The molecule has 2 atom stereocenters. The van der Waals surface area contributed by atoms with E-state index < -0.39 is 11.9 Å². The summed E-state index contributed by atoms with van der Waals surface area (Å²) in [4.78, 5) is 20.1. The molecule has 148 valence electrons. The summed E-state index contributed by atoms with van der Waals surface area (Å²) in [6.45, 7) is 4.29. The van der Waals surface area contributed by atoms with Crippen molar-refractivity contribution in [2.24, 2.45) is 0 Å². The number of fused-ring (bicyclic) bond motifs is 1. The van der Waals surface area contributed by atoms with Crippen LogP contribution in [0.4, 0.5) is 15.9 Å². The number of nitrogens with zero attached hydrogens (tertiary/aromatic N) is 3. The predicted molar refractivity (Wildman–Crippen MR) is 108 cm³/mol. The topological polar surface area (TPSA) is 63.1 Å². The van der Waals surface area contributed by atoms with Crippen LogP contribution in [0.5, 0.6) is 0 Å². The van der Waals surface area contributed by atoms with Gasteiger partial charge in [0.1, 0.15) is 24.0 Å². The Morgan fingerprint density at radius 1 is 1.14 bits per heavy atom. The van der Waals surface area contributed by atoms with Crippen molar-refractivity contribution in [3.63, 3.8) is 0 Å². The molecule has 2 aromatic rings. The molecular formula is C22H27FN3O2+. The molecule has 0 bridgehead atoms. The van der Waals surface area contributed by atoms with Crippen LogP contribution >= 0.6 is 0 Å². The summed E-state index contributed by atoms with van der Waals surface area (Å²) < 4.78 is 13.7. The van der Waals surface area contributed by atoms with Gasteiger partial charge in [0.2, 0.25) is 5.95 Å². The lowest BCUT2D eigenvalue weighted by Gasteiger charge is -2.37. The van der Waals surface area contributed by atoms with Gasteiger partial charge in [0.05, 0.1) is 11.8 Å². The fraction of sp³-hybridized carbons (Fsp3) is 0.409. The monoisotopic (exact) mass is 384 g/mol. The second-order valence-electron chi connectivity index (χ2n) is 7.25. The molecule has 2 unspecified atom stereocenters. The fourth-order valence-electron chi connectivity index (χ4n) is 4.21. The quantitative estimate of drug-likeness (QED) is 0.462. The molecule has 0 amide bonds. The third-order valence-corrected chi connectivity index (χ3v) is 5.58. The van der Waals surface area contributed by atoms with Crippen LogP contribution in [0, 0.1) is 5.95 Å². The minimum absolute atomic E-state index is 0.0922. The van der Waals surface area contributed by atoms with Crippen molar-refractivity contribution in [2.45, 2.75) is 58.4 Å². The van der Waals surface area contributed by atoms with Crippen LogP contribution in [0.25, 0.3) is 5.57 Å². The number of carboxylic acids is 1. The molecule has 2 heterocycles. The number of quaternary nitrogens is 1. The Hall–Kier alpha value is -2.60. The zero-order valence-corrected chi connectivity index (χ0v) is 16.4. The largest absolute Gasteiger partial charge is 0.477 e. The van der Waals surface area contributed by atoms with E-state index in [-0.39, 0.29) is 16.1 Å². The van der Waals surface area contributed by atoms with Gasteiger partial charge in [0.25, 0.3) is 5.82 Å². The molecule has 1 aliphatic heterocycles. The molecule has 0 aliphatic carbocycles. The Morgan fingerprint density at radius 3 is 2.57 bits per heavy atom. The van der Waals surface area contributed by atoms with E-state index in [9.17, 15) is 14.3 Å². The van der Waals surface area contributed by atoms with Gasteiger partial charge in [-0.05, 0) is 18.9 Å². The SMILES string of the molecule is CCCCCCC(CC)[N+]1(c2cnc(F)cn2)C=C(C(=O)O)c2ccccc21. The lowest BCUT2D eigenvalue weighted by atomic mass is 10.00. The fourth-order valence-corrected chi connectivity index (χ4v) is 4.21. The Morgan fingerprint density at radius 2 is 1.93 bits per heavy atom. The van der Waals surface area contributed by atoms with E-state index in [1.54, 1.807) is 6.20 Å². The first kappa shape index (κ1) is 20.1. The molecule has 1 N–H and O–H groups in total. The Balaban J connectivity index is 2.15. The van der Waals surface area contributed by atoms with Gasteiger partial charge in [0, 0.05) is 12.5 Å². The highest BCUT2D eigenvalue weighted by Gasteiger charge is 2.48. The van der Waals surface area contributed by atoms with E-state index in [0.29, 0.717) is 11.4 Å². The van der Waals surface area contributed by atoms with Gasteiger partial charge in [-0.1, -0.05) is 45.2 Å². The highest BCUT2D eigenvalue weighted by Crippen LogP contribution is 2.49. The van der Waals surface area contributed by atoms with Crippen LogP contribution in [0.2, 0.25) is 0 Å². The predicted octanol–water partition coefficient (Wildman–Crippen LogP) is 5.44. The zero-order valence-electron chi connectivity index (χ0n) is 16.4. The summed E-state index contributed by atoms with van der Waals surface area (Å²) in [5, 5.41) is 9.81. The standard InChI is InChI=1S/C22H26FN3O2/c1-3-5-6-7-10-16(4-2)26(21-14-24-20(23)13-25-21)15-18(22(27)28)17-11-8-9-12-19(17)26/h8-9,11-16H,3-7,10H2,1-2H3/p+1. The number of benzene rings is 1. The van der Waals surface area contributed by atoms with Gasteiger partial charge in [-0.15, -0.1) is 0 Å². The van der Waals surface area contributed by atoms with Gasteiger partial charge >= 0.3 is 5.97 Å². The molecule has 1 aliphatic rings. The number of hydrogen-bond acceptors (Lipinski definition) is 3. The maximum atomic E-state index is 13.5. The van der Waals surface area contributed by atoms with Crippen molar-refractivity contribution in [1.29, 1.82) is 0 Å². The molecule has 0 fully saturated rings. The highest BCUT2D eigenvalue weighted by molar-refractivity contribution is 6.19. The van der Waals surface area contributed by atoms with Gasteiger partial charge in [-0.2, -0.15) is 9.37 Å². The Labute approximate surface area is 165 Å². The summed E-state index contributed by atoms with van der Waals surface area (Å²) in [6.07, 6.45) is 10.6. The summed E-state index contributed by atoms with van der Waals surface area (Å²) in [7, 11) is 0. The lowest BCUT2D eigenvalue weighted by Crippen LogP contribution is -2.47. The number of unbranched alkanes of at least 4 members (excludes halogenated alkanes) is 3. The van der Waals surface area contributed by atoms with E-state index in [4.69, 9.17) is 0 Å². The summed E-state index contributed by atoms with van der Waals surface area (Å²) in [5.41, 5.74) is 1.81. The molecule has 28 heavy (non-hydrogen) atoms. The summed E-state index contributed by atoms with van der Waals surface area (Å²) >= 11 is 0. The zero-order chi connectivity index (χ0) is 20.1. The summed E-state index contributed by atoms with van der Waals surface area (Å²) in [5.74, 6) is -1.07. The number of carboxylic acid groups (broad SMARTS) is 1. The van der Waals surface area contributed by atoms with Gasteiger partial charge in [-0.25, -0.2) is 14.3 Å². The third-order valence-electron chi connectivity index (χ3n) is 5.58. The molecule has 0 saturated heterocycles. The van der Waals surface area contributed by atoms with E-state index in [1.807, 2.05) is 24.3 Å². The number of para-hydroxylation sites is 1. The molecule has 0 spiro atoms. The van der Waals surface area contributed by atoms with E-state index >= 15 is 0 Å². The smallest absolute Gasteiger partial charge is 0.341 e. The minimum Gasteiger partial charge on any atom is -0.477 e. The normalized spacial score (nSPS) is 19.2. The molecule has 3 rings (SSSR count). The first-order valence-corrected chi connectivity index (χ1v) is 9.97. The summed E-state index contributed by atoms with van der Waals surface area (Å²) in [6, 6.07) is 7.62. The average Bonchev–Trinajstić information content (AvgIpc) is 3.05. The van der Waals surface area contributed by atoms with Crippen molar-refractivity contribution in [2.75, 3.05) is 0 Å². The van der Waals surface area contributed by atoms with Crippen molar-refractivity contribution < 1.29 is 14.3 Å². The molecule has 0 radical (unpaired) electrons. The Kier molecular flexibility index (Phi) is 6.19. The molecule has 1 aromatic carbocycles. The number of rotatable bonds is 9. The van der Waals surface area contributed by atoms with Crippen molar-refractivity contribution in [1.82, 2.24) is 14.5 Å². The highest BCUT2D eigenvalue weighted by atomic mass is 19.1. The average molecular weight is 384 g/mol. The van der Waals surface area contributed by atoms with Crippen LogP contribution < -0.4 is 4.48 Å². The first-order chi connectivity index (χ1) is 13.5. The Bertz CT molecular complexity index is 866. The van der Waals surface area contributed by atoms with Gasteiger partial charge in [0.15, 0.2) is 5.69 Å². The van der Waals surface area contributed by atoms with Gasteiger partial charge in [-0.3, -0.25) is 0 Å². The number of aliphatic carboxylic acids is 1. The molecular weight excluding hydrogens is 357 g/mol. The van der Waals surface area contributed by atoms with Crippen LogP contribution in [0.15, 0.2) is 42.9 Å². The van der Waals surface area contributed by atoms with Crippen molar-refractivity contribution in [3.8, 4) is 0 Å². The number of halogens is 1. The molecule has 5 nitrogen and oxygen atoms in total. The van der Waals surface area contributed by atoms with Crippen LogP contribution in [0.1, 0.15) is 57.9 Å². The van der Waals surface area contributed by atoms with Crippen LogP contribution in [-0.2, 0) is 4.79 Å². The lowest BCUT2D eigenvalue weighted by molar-refractivity contribution is -0.130. The third kappa shape index (κ3) is 3.56. The second kappa shape index (κ2) is 8.61. The van der Waals surface area contributed by atoms with E-state index in [1.165, 1.54) is 12.6 Å². The van der Waals surface area contributed by atoms with Gasteiger partial charge < -0.3 is 5.11 Å². The van der Waals surface area contributed by atoms with E-state index in [2.05, 4.69) is 23.8 Å².